The van der Waals surface area contributed by atoms with Crippen LogP contribution in [0, 0.1) is 0 Å². The van der Waals surface area contributed by atoms with Gasteiger partial charge in [-0.3, -0.25) is 4.79 Å². The van der Waals surface area contributed by atoms with E-state index in [-0.39, 0.29) is 22.1 Å². The molecule has 0 atom stereocenters. The quantitative estimate of drug-likeness (QED) is 0.661. The van der Waals surface area contributed by atoms with Gasteiger partial charge in [-0.05, 0) is 41.7 Å². The summed E-state index contributed by atoms with van der Waals surface area (Å²) in [6.45, 7) is 1.17. The molecule has 5 heteroatoms. The third-order valence-corrected chi connectivity index (χ3v) is 7.10. The zero-order valence-electron chi connectivity index (χ0n) is 16.1. The lowest BCUT2D eigenvalue weighted by atomic mass is 10.0. The van der Waals surface area contributed by atoms with Crippen molar-refractivity contribution < 1.29 is 13.2 Å². The average Bonchev–Trinajstić information content (AvgIpc) is 2.96. The molecule has 0 N–H and O–H groups in total. The number of carbonyl (C=O) groups excluding carboxylic acids is 1. The molecule has 0 unspecified atom stereocenters. The number of amides is 1. The predicted molar refractivity (Wildman–Crippen MR) is 114 cm³/mol. The van der Waals surface area contributed by atoms with E-state index in [0.717, 1.165) is 12.8 Å². The van der Waals surface area contributed by atoms with Gasteiger partial charge in [0, 0.05) is 13.1 Å². The van der Waals surface area contributed by atoms with E-state index in [1.54, 1.807) is 35.2 Å². The molecule has 0 fully saturated rings. The van der Waals surface area contributed by atoms with Crippen LogP contribution in [0.2, 0.25) is 0 Å². The number of sulfone groups is 1. The first-order chi connectivity index (χ1) is 14.0. The van der Waals surface area contributed by atoms with E-state index >= 15 is 0 Å². The first-order valence-electron chi connectivity index (χ1n) is 9.76. The van der Waals surface area contributed by atoms with Crippen LogP contribution in [0.4, 0.5) is 0 Å². The molecular formula is C24H23NO3S. The van der Waals surface area contributed by atoms with Gasteiger partial charge in [-0.25, -0.2) is 8.42 Å². The SMILES string of the molecule is O=C(c1ccccc1S(=O)(=O)Cc1ccccc1)N1CCc2ccccc2CC1. The average molecular weight is 406 g/mol. The molecule has 29 heavy (non-hydrogen) atoms. The van der Waals surface area contributed by atoms with Crippen LogP contribution in [-0.4, -0.2) is 32.3 Å². The highest BCUT2D eigenvalue weighted by Crippen LogP contribution is 2.24. The van der Waals surface area contributed by atoms with Gasteiger partial charge in [-0.15, -0.1) is 0 Å². The number of hydrogen-bond donors (Lipinski definition) is 0. The topological polar surface area (TPSA) is 54.5 Å². The molecular weight excluding hydrogens is 382 g/mol. The van der Waals surface area contributed by atoms with Crippen LogP contribution in [0.15, 0.2) is 83.8 Å². The van der Waals surface area contributed by atoms with Crippen molar-refractivity contribution in [3.63, 3.8) is 0 Å². The molecule has 0 radical (unpaired) electrons. The van der Waals surface area contributed by atoms with E-state index in [1.807, 2.05) is 30.3 Å². The van der Waals surface area contributed by atoms with Gasteiger partial charge in [-0.2, -0.15) is 0 Å². The van der Waals surface area contributed by atoms with Gasteiger partial charge in [0.2, 0.25) is 0 Å². The molecule has 148 valence electrons. The Hall–Kier alpha value is -2.92. The number of carbonyl (C=O) groups is 1. The van der Waals surface area contributed by atoms with E-state index in [9.17, 15) is 13.2 Å². The highest BCUT2D eigenvalue weighted by molar-refractivity contribution is 7.90. The lowest BCUT2D eigenvalue weighted by Gasteiger charge is -2.22. The smallest absolute Gasteiger partial charge is 0.255 e. The second-order valence-electron chi connectivity index (χ2n) is 7.30. The molecule has 3 aromatic carbocycles. The minimum absolute atomic E-state index is 0.107. The summed E-state index contributed by atoms with van der Waals surface area (Å²) in [5.41, 5.74) is 3.48. The fourth-order valence-corrected chi connectivity index (χ4v) is 5.39. The summed E-state index contributed by atoms with van der Waals surface area (Å²) < 4.78 is 26.2. The summed E-state index contributed by atoms with van der Waals surface area (Å²) in [5, 5.41) is 0. The Morgan fingerprint density at radius 1 is 0.759 bits per heavy atom. The number of fused-ring (bicyclic) bond motifs is 1. The molecule has 0 aromatic heterocycles. The van der Waals surface area contributed by atoms with Crippen molar-refractivity contribution in [1.29, 1.82) is 0 Å². The van der Waals surface area contributed by atoms with E-state index in [1.165, 1.54) is 17.2 Å². The fourth-order valence-electron chi connectivity index (χ4n) is 3.83. The molecule has 3 aromatic rings. The summed E-state index contributed by atoms with van der Waals surface area (Å²) in [6, 6.07) is 23.8. The van der Waals surface area contributed by atoms with Crippen LogP contribution in [0.5, 0.6) is 0 Å². The highest BCUT2D eigenvalue weighted by Gasteiger charge is 2.26. The van der Waals surface area contributed by atoms with Crippen molar-refractivity contribution in [2.45, 2.75) is 23.5 Å². The standard InChI is InChI=1S/C24H23NO3S/c26-24(25-16-14-20-10-4-5-11-21(20)15-17-25)22-12-6-7-13-23(22)29(27,28)18-19-8-2-1-3-9-19/h1-13H,14-18H2. The van der Waals surface area contributed by atoms with Gasteiger partial charge in [0.05, 0.1) is 16.2 Å². The summed E-state index contributed by atoms with van der Waals surface area (Å²) in [6.07, 6.45) is 1.56. The Bertz CT molecular complexity index is 1100. The largest absolute Gasteiger partial charge is 0.338 e. The van der Waals surface area contributed by atoms with E-state index < -0.39 is 9.84 Å². The van der Waals surface area contributed by atoms with Gasteiger partial charge >= 0.3 is 0 Å². The number of rotatable bonds is 4. The molecule has 0 bridgehead atoms. The van der Waals surface area contributed by atoms with Crippen molar-refractivity contribution in [3.8, 4) is 0 Å². The lowest BCUT2D eigenvalue weighted by Crippen LogP contribution is -2.34. The van der Waals surface area contributed by atoms with Crippen molar-refractivity contribution in [2.75, 3.05) is 13.1 Å². The van der Waals surface area contributed by atoms with Crippen molar-refractivity contribution in [2.24, 2.45) is 0 Å². The molecule has 4 nitrogen and oxygen atoms in total. The maximum atomic E-state index is 13.3. The molecule has 0 saturated heterocycles. The van der Waals surface area contributed by atoms with E-state index in [4.69, 9.17) is 0 Å². The molecule has 1 amide bonds. The maximum absolute atomic E-state index is 13.3. The second kappa shape index (κ2) is 8.21. The number of benzene rings is 3. The predicted octanol–water partition coefficient (Wildman–Crippen LogP) is 3.90. The zero-order valence-corrected chi connectivity index (χ0v) is 16.9. The maximum Gasteiger partial charge on any atom is 0.255 e. The van der Waals surface area contributed by atoms with E-state index in [0.29, 0.717) is 18.7 Å². The van der Waals surface area contributed by atoms with Gasteiger partial charge in [0.15, 0.2) is 9.84 Å². The van der Waals surface area contributed by atoms with Crippen LogP contribution in [0.25, 0.3) is 0 Å². The van der Waals surface area contributed by atoms with Crippen LogP contribution in [-0.2, 0) is 28.4 Å². The Morgan fingerprint density at radius 3 is 1.97 bits per heavy atom. The van der Waals surface area contributed by atoms with E-state index in [2.05, 4.69) is 12.1 Å². The molecule has 0 spiro atoms. The summed E-state index contributed by atoms with van der Waals surface area (Å²) >= 11 is 0. The Balaban J connectivity index is 1.60. The summed E-state index contributed by atoms with van der Waals surface area (Å²) in [7, 11) is -3.64. The second-order valence-corrected chi connectivity index (χ2v) is 9.26. The summed E-state index contributed by atoms with van der Waals surface area (Å²) in [4.78, 5) is 15.2. The van der Waals surface area contributed by atoms with Crippen LogP contribution >= 0.6 is 0 Å². The van der Waals surface area contributed by atoms with Crippen molar-refractivity contribution >= 4 is 15.7 Å². The number of nitrogens with zero attached hydrogens (tertiary/aromatic N) is 1. The summed E-state index contributed by atoms with van der Waals surface area (Å²) in [5.74, 6) is -0.339. The Kier molecular flexibility index (Phi) is 5.49. The molecule has 1 heterocycles. The normalized spacial score (nSPS) is 14.1. The molecule has 1 aliphatic rings. The third kappa shape index (κ3) is 4.25. The lowest BCUT2D eigenvalue weighted by molar-refractivity contribution is 0.0759. The van der Waals surface area contributed by atoms with Crippen LogP contribution in [0.3, 0.4) is 0 Å². The van der Waals surface area contributed by atoms with Gasteiger partial charge in [0.25, 0.3) is 5.91 Å². The van der Waals surface area contributed by atoms with Gasteiger partial charge in [-0.1, -0.05) is 66.7 Å². The van der Waals surface area contributed by atoms with Crippen molar-refractivity contribution in [1.82, 2.24) is 4.90 Å². The van der Waals surface area contributed by atoms with Crippen LogP contribution in [0.1, 0.15) is 27.0 Å². The first kappa shape index (κ1) is 19.4. The Labute approximate surface area is 171 Å². The van der Waals surface area contributed by atoms with Crippen LogP contribution < -0.4 is 0 Å². The monoisotopic (exact) mass is 405 g/mol. The molecule has 0 saturated carbocycles. The first-order valence-corrected chi connectivity index (χ1v) is 11.4. The Morgan fingerprint density at radius 2 is 1.31 bits per heavy atom. The number of hydrogen-bond acceptors (Lipinski definition) is 3. The van der Waals surface area contributed by atoms with Gasteiger partial charge < -0.3 is 4.90 Å². The molecule has 1 aliphatic heterocycles. The van der Waals surface area contributed by atoms with Crippen molar-refractivity contribution in [3.05, 3.63) is 101 Å². The zero-order chi connectivity index (χ0) is 20.3. The molecule has 4 rings (SSSR count). The fraction of sp³-hybridized carbons (Fsp3) is 0.208. The van der Waals surface area contributed by atoms with Gasteiger partial charge in [0.1, 0.15) is 0 Å². The minimum atomic E-state index is -3.64. The minimum Gasteiger partial charge on any atom is -0.338 e. The highest BCUT2D eigenvalue weighted by atomic mass is 32.2. The molecule has 0 aliphatic carbocycles. The third-order valence-electron chi connectivity index (χ3n) is 5.36.